The largest absolute Gasteiger partial charge is 0.308 e. The molecule has 102 valence electrons. The molecule has 2 atom stereocenters. The van der Waals surface area contributed by atoms with Crippen LogP contribution in [-0.4, -0.2) is 15.8 Å². The van der Waals surface area contributed by atoms with Gasteiger partial charge < -0.3 is 5.32 Å². The molecule has 0 bridgehead atoms. The van der Waals surface area contributed by atoms with E-state index in [1.54, 1.807) is 0 Å². The number of aromatic nitrogens is 2. The Bertz CT molecular complexity index is 403. The van der Waals surface area contributed by atoms with Crippen LogP contribution in [0.5, 0.6) is 0 Å². The van der Waals surface area contributed by atoms with Gasteiger partial charge in [-0.25, -0.2) is 0 Å². The molecule has 1 saturated carbocycles. The van der Waals surface area contributed by atoms with Crippen LogP contribution in [0.3, 0.4) is 0 Å². The molecule has 1 aliphatic rings. The third-order valence-corrected chi connectivity index (χ3v) is 5.03. The van der Waals surface area contributed by atoms with Gasteiger partial charge >= 0.3 is 0 Å². The van der Waals surface area contributed by atoms with Crippen molar-refractivity contribution in [2.45, 2.75) is 52.6 Å². The van der Waals surface area contributed by atoms with Crippen molar-refractivity contribution in [1.29, 1.82) is 0 Å². The van der Waals surface area contributed by atoms with E-state index in [-0.39, 0.29) is 0 Å². The van der Waals surface area contributed by atoms with Crippen LogP contribution in [0, 0.1) is 18.8 Å². The summed E-state index contributed by atoms with van der Waals surface area (Å²) in [4.78, 5) is 0. The summed E-state index contributed by atoms with van der Waals surface area (Å²) in [6.45, 7) is 7.68. The zero-order valence-corrected chi connectivity index (χ0v) is 13.4. The van der Waals surface area contributed by atoms with Gasteiger partial charge in [0.2, 0.25) is 0 Å². The van der Waals surface area contributed by atoms with Gasteiger partial charge in [-0.1, -0.05) is 13.8 Å². The third-order valence-electron chi connectivity index (χ3n) is 4.00. The van der Waals surface area contributed by atoms with E-state index in [1.807, 2.05) is 18.7 Å². The SMILES string of the molecule is Cc1nn(C)c(CNC2CC(C)CC(C)C2)c1Br. The highest BCUT2D eigenvalue weighted by Crippen LogP contribution is 2.29. The first-order valence-corrected chi connectivity index (χ1v) is 7.68. The Morgan fingerprint density at radius 2 is 1.89 bits per heavy atom. The summed E-state index contributed by atoms with van der Waals surface area (Å²) in [6.07, 6.45) is 3.99. The van der Waals surface area contributed by atoms with E-state index in [0.717, 1.165) is 28.5 Å². The van der Waals surface area contributed by atoms with Gasteiger partial charge in [-0.15, -0.1) is 0 Å². The summed E-state index contributed by atoms with van der Waals surface area (Å²) in [5.41, 5.74) is 2.32. The lowest BCUT2D eigenvalue weighted by Crippen LogP contribution is -2.36. The van der Waals surface area contributed by atoms with Gasteiger partial charge in [0.05, 0.1) is 15.9 Å². The third kappa shape index (κ3) is 3.15. The van der Waals surface area contributed by atoms with Crippen molar-refractivity contribution in [2.24, 2.45) is 18.9 Å². The normalized spacial score (nSPS) is 28.6. The second-order valence-corrected chi connectivity index (χ2v) is 6.76. The van der Waals surface area contributed by atoms with E-state index in [1.165, 1.54) is 25.0 Å². The lowest BCUT2D eigenvalue weighted by atomic mass is 9.80. The molecule has 2 unspecified atom stereocenters. The first-order chi connectivity index (χ1) is 8.47. The molecule has 4 heteroatoms. The summed E-state index contributed by atoms with van der Waals surface area (Å²) in [5.74, 6) is 1.70. The molecule has 2 rings (SSSR count). The highest BCUT2D eigenvalue weighted by Gasteiger charge is 2.24. The maximum Gasteiger partial charge on any atom is 0.0739 e. The molecule has 1 aliphatic carbocycles. The topological polar surface area (TPSA) is 29.9 Å². The predicted molar refractivity (Wildman–Crippen MR) is 78.5 cm³/mol. The highest BCUT2D eigenvalue weighted by molar-refractivity contribution is 9.10. The van der Waals surface area contributed by atoms with Crippen LogP contribution in [0.4, 0.5) is 0 Å². The first kappa shape index (κ1) is 14.1. The van der Waals surface area contributed by atoms with Crippen molar-refractivity contribution in [3.05, 3.63) is 15.9 Å². The molecule has 0 radical (unpaired) electrons. The molecule has 0 amide bonds. The Labute approximate surface area is 118 Å². The number of rotatable bonds is 3. The number of halogens is 1. The maximum absolute atomic E-state index is 4.43. The minimum atomic E-state index is 0.658. The van der Waals surface area contributed by atoms with Crippen molar-refractivity contribution < 1.29 is 0 Å². The number of nitrogens with zero attached hydrogens (tertiary/aromatic N) is 2. The second-order valence-electron chi connectivity index (χ2n) is 5.96. The van der Waals surface area contributed by atoms with Crippen molar-refractivity contribution in [1.82, 2.24) is 15.1 Å². The van der Waals surface area contributed by atoms with Gasteiger partial charge in [0.1, 0.15) is 0 Å². The van der Waals surface area contributed by atoms with Crippen LogP contribution in [0.15, 0.2) is 4.47 Å². The smallest absolute Gasteiger partial charge is 0.0739 e. The van der Waals surface area contributed by atoms with Crippen LogP contribution in [0.25, 0.3) is 0 Å². The zero-order chi connectivity index (χ0) is 13.3. The molecule has 0 aliphatic heterocycles. The van der Waals surface area contributed by atoms with Crippen molar-refractivity contribution in [3.63, 3.8) is 0 Å². The molecule has 1 fully saturated rings. The number of aryl methyl sites for hydroxylation is 2. The van der Waals surface area contributed by atoms with Crippen LogP contribution < -0.4 is 5.32 Å². The Morgan fingerprint density at radius 1 is 1.28 bits per heavy atom. The Morgan fingerprint density at radius 3 is 2.39 bits per heavy atom. The molecule has 1 aromatic heterocycles. The van der Waals surface area contributed by atoms with E-state index in [2.05, 4.69) is 40.2 Å². The summed E-state index contributed by atoms with van der Waals surface area (Å²) in [5, 5.41) is 8.14. The lowest BCUT2D eigenvalue weighted by molar-refractivity contribution is 0.237. The lowest BCUT2D eigenvalue weighted by Gasteiger charge is -2.32. The molecule has 1 aromatic rings. The van der Waals surface area contributed by atoms with Crippen LogP contribution in [0.1, 0.15) is 44.5 Å². The Hall–Kier alpha value is -0.350. The highest BCUT2D eigenvalue weighted by atomic mass is 79.9. The molecular formula is C14H24BrN3. The molecule has 0 aromatic carbocycles. The summed E-state index contributed by atoms with van der Waals surface area (Å²) >= 11 is 3.63. The summed E-state index contributed by atoms with van der Waals surface area (Å²) in [7, 11) is 2.01. The molecule has 3 nitrogen and oxygen atoms in total. The standard InChI is InChI=1S/C14H24BrN3/c1-9-5-10(2)7-12(6-9)16-8-13-14(15)11(3)17-18(13)4/h9-10,12,16H,5-8H2,1-4H3. The van der Waals surface area contributed by atoms with Gasteiger partial charge in [0, 0.05) is 19.6 Å². The van der Waals surface area contributed by atoms with Crippen LogP contribution >= 0.6 is 15.9 Å². The monoisotopic (exact) mass is 313 g/mol. The molecule has 18 heavy (non-hydrogen) atoms. The second kappa shape index (κ2) is 5.74. The summed E-state index contributed by atoms with van der Waals surface area (Å²) in [6, 6.07) is 0.658. The van der Waals surface area contributed by atoms with Crippen LogP contribution in [-0.2, 0) is 13.6 Å². The average Bonchev–Trinajstić information content (AvgIpc) is 2.50. The van der Waals surface area contributed by atoms with Gasteiger partial charge in [-0.2, -0.15) is 5.10 Å². The van der Waals surface area contributed by atoms with Crippen molar-refractivity contribution >= 4 is 15.9 Å². The average molecular weight is 314 g/mol. The Balaban J connectivity index is 1.95. The molecule has 0 saturated heterocycles. The molecular weight excluding hydrogens is 290 g/mol. The maximum atomic E-state index is 4.43. The van der Waals surface area contributed by atoms with Gasteiger partial charge in [-0.3, -0.25) is 4.68 Å². The number of hydrogen-bond donors (Lipinski definition) is 1. The van der Waals surface area contributed by atoms with Gasteiger partial charge in [-0.05, 0) is 54.0 Å². The van der Waals surface area contributed by atoms with Gasteiger partial charge in [0.15, 0.2) is 0 Å². The van der Waals surface area contributed by atoms with E-state index in [0.29, 0.717) is 6.04 Å². The minimum Gasteiger partial charge on any atom is -0.308 e. The number of nitrogens with one attached hydrogen (secondary N) is 1. The predicted octanol–water partition coefficient (Wildman–Crippen LogP) is 3.41. The molecule has 1 heterocycles. The van der Waals surface area contributed by atoms with Gasteiger partial charge in [0.25, 0.3) is 0 Å². The van der Waals surface area contributed by atoms with Crippen LogP contribution in [0.2, 0.25) is 0 Å². The Kier molecular flexibility index (Phi) is 4.49. The number of hydrogen-bond acceptors (Lipinski definition) is 2. The fourth-order valence-electron chi connectivity index (χ4n) is 3.23. The quantitative estimate of drug-likeness (QED) is 0.926. The van der Waals surface area contributed by atoms with Crippen molar-refractivity contribution in [2.75, 3.05) is 0 Å². The first-order valence-electron chi connectivity index (χ1n) is 6.88. The molecule has 1 N–H and O–H groups in total. The van der Waals surface area contributed by atoms with Crippen molar-refractivity contribution in [3.8, 4) is 0 Å². The van der Waals surface area contributed by atoms with E-state index in [9.17, 15) is 0 Å². The summed E-state index contributed by atoms with van der Waals surface area (Å²) < 4.78 is 3.12. The van der Waals surface area contributed by atoms with E-state index < -0.39 is 0 Å². The fraction of sp³-hybridized carbons (Fsp3) is 0.786. The van der Waals surface area contributed by atoms with E-state index >= 15 is 0 Å². The molecule has 0 spiro atoms. The van der Waals surface area contributed by atoms with E-state index in [4.69, 9.17) is 0 Å². The zero-order valence-electron chi connectivity index (χ0n) is 11.8. The minimum absolute atomic E-state index is 0.658. The fourth-order valence-corrected chi connectivity index (χ4v) is 3.70.